The molecule has 7 heteroatoms. The predicted molar refractivity (Wildman–Crippen MR) is 78.3 cm³/mol. The Hall–Kier alpha value is -2.02. The van der Waals surface area contributed by atoms with Crippen molar-refractivity contribution in [3.05, 3.63) is 29.8 Å². The minimum Gasteiger partial charge on any atom is -0.383 e. The summed E-state index contributed by atoms with van der Waals surface area (Å²) in [5.41, 5.74) is -0.639. The monoisotopic (exact) mass is 314 g/mol. The lowest BCUT2D eigenvalue weighted by atomic mass is 10.1. The van der Waals surface area contributed by atoms with Crippen LogP contribution in [0.5, 0.6) is 0 Å². The van der Waals surface area contributed by atoms with Gasteiger partial charge in [0.25, 0.3) is 0 Å². The molecule has 0 saturated heterocycles. The number of carbonyl (C=O) groups is 2. The maximum atomic E-state index is 13.4. The van der Waals surface area contributed by atoms with Crippen LogP contribution in [-0.2, 0) is 14.3 Å². The van der Waals surface area contributed by atoms with Crippen molar-refractivity contribution in [1.29, 1.82) is 0 Å². The molecule has 122 valence electrons. The first-order valence-corrected chi connectivity index (χ1v) is 7.04. The first-order valence-electron chi connectivity index (χ1n) is 7.04. The summed E-state index contributed by atoms with van der Waals surface area (Å²) >= 11 is 0. The number of halogens is 2. The van der Waals surface area contributed by atoms with Gasteiger partial charge in [-0.2, -0.15) is 0 Å². The lowest BCUT2D eigenvalue weighted by Crippen LogP contribution is -2.44. The number of ether oxygens (including phenoxy) is 1. The van der Waals surface area contributed by atoms with Gasteiger partial charge < -0.3 is 15.4 Å². The van der Waals surface area contributed by atoms with Gasteiger partial charge in [-0.1, -0.05) is 25.8 Å². The zero-order valence-corrected chi connectivity index (χ0v) is 12.6. The van der Waals surface area contributed by atoms with E-state index < -0.39 is 29.1 Å². The van der Waals surface area contributed by atoms with Crippen molar-refractivity contribution < 1.29 is 23.1 Å². The predicted octanol–water partition coefficient (Wildman–Crippen LogP) is 2.22. The molecule has 0 saturated carbocycles. The summed E-state index contributed by atoms with van der Waals surface area (Å²) in [6.45, 7) is 2.26. The number of anilines is 1. The van der Waals surface area contributed by atoms with E-state index in [0.29, 0.717) is 6.42 Å². The third kappa shape index (κ3) is 5.40. The summed E-state index contributed by atoms with van der Waals surface area (Å²) in [5, 5.41) is 4.43. The van der Waals surface area contributed by atoms with Crippen LogP contribution in [-0.4, -0.2) is 31.6 Å². The fourth-order valence-corrected chi connectivity index (χ4v) is 1.89. The average Bonchev–Trinajstić information content (AvgIpc) is 2.48. The Bertz CT molecular complexity index is 503. The summed E-state index contributed by atoms with van der Waals surface area (Å²) in [7, 11) is 1.49. The molecule has 1 aromatic carbocycles. The lowest BCUT2D eigenvalue weighted by molar-refractivity contribution is -0.136. The number of rotatable bonds is 7. The summed E-state index contributed by atoms with van der Waals surface area (Å²) in [5.74, 6) is -3.97. The molecule has 2 N–H and O–H groups in total. The quantitative estimate of drug-likeness (QED) is 0.758. The van der Waals surface area contributed by atoms with Gasteiger partial charge in [0.2, 0.25) is 0 Å². The second kappa shape index (κ2) is 9.09. The number of para-hydroxylation sites is 1. The van der Waals surface area contributed by atoms with Crippen molar-refractivity contribution in [2.45, 2.75) is 32.2 Å². The smallest absolute Gasteiger partial charge is 0.313 e. The maximum Gasteiger partial charge on any atom is 0.313 e. The fraction of sp³-hybridized carbons (Fsp3) is 0.467. The molecule has 0 radical (unpaired) electrons. The Morgan fingerprint density at radius 2 is 1.86 bits per heavy atom. The van der Waals surface area contributed by atoms with Crippen LogP contribution < -0.4 is 10.6 Å². The van der Waals surface area contributed by atoms with Crippen LogP contribution in [0, 0.1) is 11.6 Å². The average molecular weight is 314 g/mol. The standard InChI is InChI=1S/C15H20F2N2O3/c1-3-4-6-10(9-22-2)18-14(20)15(21)19-13-11(16)7-5-8-12(13)17/h5,7-8,10H,3-4,6,9H2,1-2H3,(H,18,20)(H,19,21)/t10-/m0/s1. The Morgan fingerprint density at radius 3 is 2.41 bits per heavy atom. The fourth-order valence-electron chi connectivity index (χ4n) is 1.89. The van der Waals surface area contributed by atoms with Gasteiger partial charge in [-0.3, -0.25) is 9.59 Å². The number of methoxy groups -OCH3 is 1. The molecule has 0 unspecified atom stereocenters. The highest BCUT2D eigenvalue weighted by Gasteiger charge is 2.21. The summed E-state index contributed by atoms with van der Waals surface area (Å²) in [6, 6.07) is 2.82. The second-order valence-corrected chi connectivity index (χ2v) is 4.82. The molecule has 0 spiro atoms. The number of nitrogens with one attached hydrogen (secondary N) is 2. The van der Waals surface area contributed by atoms with E-state index in [2.05, 4.69) is 5.32 Å². The van der Waals surface area contributed by atoms with Gasteiger partial charge in [0.05, 0.1) is 12.6 Å². The van der Waals surface area contributed by atoms with Crippen molar-refractivity contribution in [3.63, 3.8) is 0 Å². The van der Waals surface area contributed by atoms with Gasteiger partial charge in [-0.25, -0.2) is 8.78 Å². The summed E-state index contributed by atoms with van der Waals surface area (Å²) in [6.07, 6.45) is 2.44. The largest absolute Gasteiger partial charge is 0.383 e. The van der Waals surface area contributed by atoms with Crippen LogP contribution in [0.4, 0.5) is 14.5 Å². The number of amides is 2. The van der Waals surface area contributed by atoms with E-state index in [1.165, 1.54) is 13.2 Å². The van der Waals surface area contributed by atoms with E-state index in [-0.39, 0.29) is 12.6 Å². The zero-order valence-electron chi connectivity index (χ0n) is 12.6. The van der Waals surface area contributed by atoms with Crippen LogP contribution >= 0.6 is 0 Å². The molecule has 1 rings (SSSR count). The molecule has 22 heavy (non-hydrogen) atoms. The highest BCUT2D eigenvalue weighted by atomic mass is 19.1. The van der Waals surface area contributed by atoms with E-state index in [1.807, 2.05) is 12.2 Å². The van der Waals surface area contributed by atoms with Crippen molar-refractivity contribution in [3.8, 4) is 0 Å². The molecule has 0 bridgehead atoms. The number of unbranched alkanes of at least 4 members (excludes halogenated alkanes) is 1. The summed E-state index contributed by atoms with van der Waals surface area (Å²) in [4.78, 5) is 23.5. The molecule has 0 aliphatic rings. The third-order valence-corrected chi connectivity index (χ3v) is 3.02. The molecule has 0 aromatic heterocycles. The third-order valence-electron chi connectivity index (χ3n) is 3.02. The normalized spacial score (nSPS) is 11.8. The van der Waals surface area contributed by atoms with Gasteiger partial charge in [-0.05, 0) is 18.6 Å². The highest BCUT2D eigenvalue weighted by molar-refractivity contribution is 6.39. The second-order valence-electron chi connectivity index (χ2n) is 4.82. The van der Waals surface area contributed by atoms with Crippen molar-refractivity contribution in [2.75, 3.05) is 19.0 Å². The first-order chi connectivity index (χ1) is 10.5. The highest BCUT2D eigenvalue weighted by Crippen LogP contribution is 2.17. The summed E-state index contributed by atoms with van der Waals surface area (Å²) < 4.78 is 31.8. The minimum atomic E-state index is -1.12. The van der Waals surface area contributed by atoms with Gasteiger partial charge in [0.1, 0.15) is 17.3 Å². The van der Waals surface area contributed by atoms with Crippen molar-refractivity contribution in [1.82, 2.24) is 5.32 Å². The molecular weight excluding hydrogens is 294 g/mol. The Kier molecular flexibility index (Phi) is 7.45. The molecule has 0 aliphatic heterocycles. The van der Waals surface area contributed by atoms with Gasteiger partial charge >= 0.3 is 11.8 Å². The van der Waals surface area contributed by atoms with Gasteiger partial charge in [0, 0.05) is 7.11 Å². The molecular formula is C15H20F2N2O3. The van der Waals surface area contributed by atoms with Crippen molar-refractivity contribution >= 4 is 17.5 Å². The maximum absolute atomic E-state index is 13.4. The van der Waals surface area contributed by atoms with Crippen LogP contribution in [0.1, 0.15) is 26.2 Å². The molecule has 0 fully saturated rings. The molecule has 1 aromatic rings. The number of carbonyl (C=O) groups excluding carboxylic acids is 2. The van der Waals surface area contributed by atoms with E-state index in [0.717, 1.165) is 25.0 Å². The molecule has 2 amide bonds. The molecule has 0 aliphatic carbocycles. The topological polar surface area (TPSA) is 67.4 Å². The van der Waals surface area contributed by atoms with E-state index in [9.17, 15) is 18.4 Å². The minimum absolute atomic E-state index is 0.257. The van der Waals surface area contributed by atoms with Crippen LogP contribution in [0.25, 0.3) is 0 Å². The SMILES string of the molecule is CCCC[C@@H](COC)NC(=O)C(=O)Nc1c(F)cccc1F. The van der Waals surface area contributed by atoms with Crippen LogP contribution in [0.3, 0.4) is 0 Å². The van der Waals surface area contributed by atoms with Gasteiger partial charge in [-0.15, -0.1) is 0 Å². The number of hydrogen-bond donors (Lipinski definition) is 2. The van der Waals surface area contributed by atoms with Crippen LogP contribution in [0.2, 0.25) is 0 Å². The molecule has 1 atom stereocenters. The van der Waals surface area contributed by atoms with E-state index in [4.69, 9.17) is 4.74 Å². The number of hydrogen-bond acceptors (Lipinski definition) is 3. The van der Waals surface area contributed by atoms with E-state index in [1.54, 1.807) is 0 Å². The Labute approximate surface area is 128 Å². The van der Waals surface area contributed by atoms with Gasteiger partial charge in [0.15, 0.2) is 0 Å². The number of benzene rings is 1. The Balaban J connectivity index is 2.66. The molecule has 0 heterocycles. The zero-order chi connectivity index (χ0) is 16.5. The Morgan fingerprint density at radius 1 is 1.23 bits per heavy atom. The lowest BCUT2D eigenvalue weighted by Gasteiger charge is -2.17. The van der Waals surface area contributed by atoms with Crippen LogP contribution in [0.15, 0.2) is 18.2 Å². The first kappa shape index (κ1) is 18.0. The molecule has 5 nitrogen and oxygen atoms in total. The van der Waals surface area contributed by atoms with E-state index >= 15 is 0 Å². The van der Waals surface area contributed by atoms with Crippen molar-refractivity contribution in [2.24, 2.45) is 0 Å².